The largest absolute Gasteiger partial charge is 0.399 e. The molecule has 0 fully saturated rings. The van der Waals surface area contributed by atoms with Crippen LogP contribution < -0.4 is 5.73 Å². The summed E-state index contributed by atoms with van der Waals surface area (Å²) in [6, 6.07) is 14.7. The molecule has 0 aliphatic heterocycles. The molecule has 0 aromatic heterocycles. The minimum absolute atomic E-state index is 0.823. The Morgan fingerprint density at radius 3 is 2.25 bits per heavy atom. The number of anilines is 1. The van der Waals surface area contributed by atoms with Gasteiger partial charge in [-0.2, -0.15) is 0 Å². The second kappa shape index (κ2) is 4.40. The molecule has 0 radical (unpaired) electrons. The van der Waals surface area contributed by atoms with Crippen molar-refractivity contribution in [3.63, 3.8) is 0 Å². The highest BCUT2D eigenvalue weighted by molar-refractivity contribution is 5.41. The van der Waals surface area contributed by atoms with Crippen molar-refractivity contribution in [1.82, 2.24) is 0 Å². The monoisotopic (exact) mass is 211 g/mol. The number of nitrogens with two attached hydrogens (primary N) is 1. The van der Waals surface area contributed by atoms with E-state index in [-0.39, 0.29) is 0 Å². The van der Waals surface area contributed by atoms with E-state index >= 15 is 0 Å². The summed E-state index contributed by atoms with van der Waals surface area (Å²) in [5, 5.41) is 0. The molecule has 0 heterocycles. The highest BCUT2D eigenvalue weighted by atomic mass is 14.5. The van der Waals surface area contributed by atoms with Crippen molar-refractivity contribution in [2.24, 2.45) is 0 Å². The van der Waals surface area contributed by atoms with E-state index in [1.165, 1.54) is 22.3 Å². The van der Waals surface area contributed by atoms with Gasteiger partial charge in [-0.25, -0.2) is 0 Å². The molecule has 0 unspecified atom stereocenters. The van der Waals surface area contributed by atoms with Gasteiger partial charge in [-0.05, 0) is 49.1 Å². The number of rotatable bonds is 2. The third-order valence-corrected chi connectivity index (χ3v) is 2.87. The van der Waals surface area contributed by atoms with Gasteiger partial charge in [0, 0.05) is 5.69 Å². The Labute approximate surface area is 96.9 Å². The molecule has 0 atom stereocenters. The summed E-state index contributed by atoms with van der Waals surface area (Å²) < 4.78 is 0. The van der Waals surface area contributed by atoms with Crippen LogP contribution >= 0.6 is 0 Å². The molecule has 82 valence electrons. The average molecular weight is 211 g/mol. The number of benzene rings is 2. The molecular weight excluding hydrogens is 194 g/mol. The number of hydrogen-bond acceptors (Lipinski definition) is 1. The summed E-state index contributed by atoms with van der Waals surface area (Å²) in [5.41, 5.74) is 11.9. The first-order valence-corrected chi connectivity index (χ1v) is 5.56. The fourth-order valence-electron chi connectivity index (χ4n) is 1.90. The molecule has 0 aliphatic carbocycles. The van der Waals surface area contributed by atoms with Crippen molar-refractivity contribution in [3.05, 3.63) is 64.7 Å². The van der Waals surface area contributed by atoms with Gasteiger partial charge in [0.05, 0.1) is 0 Å². The average Bonchev–Trinajstić information content (AvgIpc) is 2.25. The van der Waals surface area contributed by atoms with Crippen LogP contribution in [0.1, 0.15) is 22.3 Å². The zero-order valence-electron chi connectivity index (χ0n) is 9.83. The van der Waals surface area contributed by atoms with Gasteiger partial charge in [-0.1, -0.05) is 35.9 Å². The number of aryl methyl sites for hydroxylation is 2. The van der Waals surface area contributed by atoms with E-state index in [0.717, 1.165) is 12.1 Å². The van der Waals surface area contributed by atoms with E-state index in [1.54, 1.807) is 0 Å². The highest BCUT2D eigenvalue weighted by Gasteiger charge is 2.00. The Kier molecular flexibility index (Phi) is 2.95. The van der Waals surface area contributed by atoms with Gasteiger partial charge in [0.15, 0.2) is 0 Å². The van der Waals surface area contributed by atoms with Crippen molar-refractivity contribution in [1.29, 1.82) is 0 Å². The van der Waals surface area contributed by atoms with Crippen LogP contribution in [0.3, 0.4) is 0 Å². The lowest BCUT2D eigenvalue weighted by Crippen LogP contribution is -1.93. The van der Waals surface area contributed by atoms with E-state index in [0.29, 0.717) is 0 Å². The fourth-order valence-corrected chi connectivity index (χ4v) is 1.90. The van der Waals surface area contributed by atoms with Crippen LogP contribution in [-0.2, 0) is 6.42 Å². The predicted octanol–water partition coefficient (Wildman–Crippen LogP) is 3.48. The summed E-state index contributed by atoms with van der Waals surface area (Å²) in [7, 11) is 0. The third kappa shape index (κ3) is 2.43. The van der Waals surface area contributed by atoms with Gasteiger partial charge in [-0.3, -0.25) is 0 Å². The Morgan fingerprint density at radius 2 is 1.62 bits per heavy atom. The van der Waals surface area contributed by atoms with Crippen molar-refractivity contribution in [2.45, 2.75) is 20.3 Å². The van der Waals surface area contributed by atoms with E-state index < -0.39 is 0 Å². The molecule has 2 aromatic carbocycles. The molecule has 1 heteroatoms. The number of hydrogen-bond donors (Lipinski definition) is 1. The fraction of sp³-hybridized carbons (Fsp3) is 0.200. The predicted molar refractivity (Wildman–Crippen MR) is 69.6 cm³/mol. The second-order valence-electron chi connectivity index (χ2n) is 4.35. The Hall–Kier alpha value is -1.76. The zero-order chi connectivity index (χ0) is 11.5. The van der Waals surface area contributed by atoms with Crippen LogP contribution in [0.25, 0.3) is 0 Å². The third-order valence-electron chi connectivity index (χ3n) is 2.87. The van der Waals surface area contributed by atoms with Gasteiger partial charge in [-0.15, -0.1) is 0 Å². The van der Waals surface area contributed by atoms with Crippen LogP contribution in [0.5, 0.6) is 0 Å². The molecule has 2 aromatic rings. The Balaban J connectivity index is 2.23. The summed E-state index contributed by atoms with van der Waals surface area (Å²) in [4.78, 5) is 0. The summed E-state index contributed by atoms with van der Waals surface area (Å²) in [6.07, 6.45) is 0.979. The maximum atomic E-state index is 5.67. The molecule has 2 N–H and O–H groups in total. The molecule has 0 aliphatic rings. The van der Waals surface area contributed by atoms with Crippen LogP contribution in [-0.4, -0.2) is 0 Å². The number of nitrogen functional groups attached to an aromatic ring is 1. The SMILES string of the molecule is Cc1ccc(Cc2ccc(N)cc2)c(C)c1. The topological polar surface area (TPSA) is 26.0 Å². The van der Waals surface area contributed by atoms with Gasteiger partial charge in [0.1, 0.15) is 0 Å². The highest BCUT2D eigenvalue weighted by Crippen LogP contribution is 2.16. The molecule has 1 nitrogen and oxygen atoms in total. The maximum absolute atomic E-state index is 5.67. The molecule has 0 bridgehead atoms. The molecule has 16 heavy (non-hydrogen) atoms. The summed E-state index contributed by atoms with van der Waals surface area (Å²) in [5.74, 6) is 0. The van der Waals surface area contributed by atoms with Crippen molar-refractivity contribution in [2.75, 3.05) is 5.73 Å². The smallest absolute Gasteiger partial charge is 0.0314 e. The first-order valence-electron chi connectivity index (χ1n) is 5.56. The zero-order valence-corrected chi connectivity index (χ0v) is 9.83. The molecule has 2 rings (SSSR count). The lowest BCUT2D eigenvalue weighted by atomic mass is 9.99. The van der Waals surface area contributed by atoms with Crippen molar-refractivity contribution in [3.8, 4) is 0 Å². The maximum Gasteiger partial charge on any atom is 0.0314 e. The van der Waals surface area contributed by atoms with Crippen LogP contribution in [0.15, 0.2) is 42.5 Å². The summed E-state index contributed by atoms with van der Waals surface area (Å²) >= 11 is 0. The lowest BCUT2D eigenvalue weighted by Gasteiger charge is -2.07. The standard InChI is InChI=1S/C15H17N/c1-11-3-6-14(12(2)9-11)10-13-4-7-15(16)8-5-13/h3-9H,10,16H2,1-2H3. The van der Waals surface area contributed by atoms with Gasteiger partial charge in [0.25, 0.3) is 0 Å². The molecule has 0 saturated heterocycles. The molecule has 0 amide bonds. The minimum Gasteiger partial charge on any atom is -0.399 e. The van der Waals surface area contributed by atoms with Gasteiger partial charge in [0.2, 0.25) is 0 Å². The molecule has 0 saturated carbocycles. The van der Waals surface area contributed by atoms with Crippen LogP contribution in [0.4, 0.5) is 5.69 Å². The van der Waals surface area contributed by atoms with Crippen molar-refractivity contribution >= 4 is 5.69 Å². The van der Waals surface area contributed by atoms with Crippen LogP contribution in [0, 0.1) is 13.8 Å². The quantitative estimate of drug-likeness (QED) is 0.756. The first kappa shape index (κ1) is 10.7. The lowest BCUT2D eigenvalue weighted by molar-refractivity contribution is 1.15. The van der Waals surface area contributed by atoms with Crippen LogP contribution in [0.2, 0.25) is 0 Å². The Bertz CT molecular complexity index is 483. The minimum atomic E-state index is 0.823. The van der Waals surface area contributed by atoms with E-state index in [2.05, 4.69) is 44.2 Å². The van der Waals surface area contributed by atoms with E-state index in [9.17, 15) is 0 Å². The van der Waals surface area contributed by atoms with Gasteiger partial charge >= 0.3 is 0 Å². The second-order valence-corrected chi connectivity index (χ2v) is 4.35. The summed E-state index contributed by atoms with van der Waals surface area (Å²) in [6.45, 7) is 4.29. The molecule has 0 spiro atoms. The van der Waals surface area contributed by atoms with E-state index in [4.69, 9.17) is 5.73 Å². The van der Waals surface area contributed by atoms with Crippen molar-refractivity contribution < 1.29 is 0 Å². The van der Waals surface area contributed by atoms with Gasteiger partial charge < -0.3 is 5.73 Å². The van der Waals surface area contributed by atoms with E-state index in [1.807, 2.05) is 12.1 Å². The Morgan fingerprint density at radius 1 is 0.938 bits per heavy atom. The molecular formula is C15H17N. The first-order chi connectivity index (χ1) is 7.65. The normalized spacial score (nSPS) is 10.4.